The van der Waals surface area contributed by atoms with Gasteiger partial charge in [-0.1, -0.05) is 13.0 Å². The lowest BCUT2D eigenvalue weighted by atomic mass is 9.89. The van der Waals surface area contributed by atoms with Crippen molar-refractivity contribution in [3.8, 4) is 0 Å². The number of thiophene rings is 1. The molecule has 5 rings (SSSR count). The van der Waals surface area contributed by atoms with E-state index < -0.39 is 0 Å². The molecule has 2 aromatic rings. The highest BCUT2D eigenvalue weighted by molar-refractivity contribution is 7.18. The minimum absolute atomic E-state index is 0.0385. The van der Waals surface area contributed by atoms with E-state index in [9.17, 15) is 9.59 Å². The summed E-state index contributed by atoms with van der Waals surface area (Å²) in [5, 5.41) is 0.761. The summed E-state index contributed by atoms with van der Waals surface area (Å²) in [6.07, 6.45) is 13.4. The number of hydrogen-bond donors (Lipinski definition) is 0. The first-order chi connectivity index (χ1) is 13.6. The Bertz CT molecular complexity index is 1010. The summed E-state index contributed by atoms with van der Waals surface area (Å²) in [6, 6.07) is 0.333. The zero-order valence-electron chi connectivity index (χ0n) is 16.4. The van der Waals surface area contributed by atoms with Gasteiger partial charge in [-0.3, -0.25) is 14.2 Å². The molecule has 0 aromatic carbocycles. The number of amides is 1. The van der Waals surface area contributed by atoms with Crippen LogP contribution in [0.4, 0.5) is 0 Å². The Hall–Kier alpha value is -1.95. The Labute approximate surface area is 169 Å². The van der Waals surface area contributed by atoms with E-state index in [1.807, 2.05) is 4.90 Å². The Morgan fingerprint density at radius 1 is 1.29 bits per heavy atom. The zero-order chi connectivity index (χ0) is 19.3. The lowest BCUT2D eigenvalue weighted by Crippen LogP contribution is -2.38. The SMILES string of the molecule is C[C@H]1CCc2c(sc3ncn(CC(=O)N(C4=CCCCC4)C4CC4)c(=O)c23)C1. The van der Waals surface area contributed by atoms with Gasteiger partial charge in [0.1, 0.15) is 11.4 Å². The topological polar surface area (TPSA) is 55.2 Å². The summed E-state index contributed by atoms with van der Waals surface area (Å²) >= 11 is 1.66. The molecule has 1 saturated carbocycles. The predicted octanol–water partition coefficient (Wildman–Crippen LogP) is 4.03. The Kier molecular flexibility index (Phi) is 4.62. The molecule has 28 heavy (non-hydrogen) atoms. The van der Waals surface area contributed by atoms with Gasteiger partial charge in [-0.05, 0) is 69.3 Å². The minimum Gasteiger partial charge on any atom is -0.312 e. The highest BCUT2D eigenvalue weighted by Gasteiger charge is 2.35. The maximum absolute atomic E-state index is 13.2. The van der Waals surface area contributed by atoms with Crippen LogP contribution in [0, 0.1) is 5.92 Å². The van der Waals surface area contributed by atoms with Crippen molar-refractivity contribution in [2.24, 2.45) is 5.92 Å². The molecule has 148 valence electrons. The van der Waals surface area contributed by atoms with Crippen molar-refractivity contribution in [3.63, 3.8) is 0 Å². The molecule has 0 saturated heterocycles. The monoisotopic (exact) mass is 397 g/mol. The molecule has 0 bridgehead atoms. The van der Waals surface area contributed by atoms with Crippen LogP contribution < -0.4 is 5.56 Å². The van der Waals surface area contributed by atoms with Gasteiger partial charge in [0.05, 0.1) is 11.7 Å². The molecule has 2 heterocycles. The van der Waals surface area contributed by atoms with Crippen molar-refractivity contribution < 1.29 is 4.79 Å². The van der Waals surface area contributed by atoms with Crippen LogP contribution in [0.25, 0.3) is 10.2 Å². The van der Waals surface area contributed by atoms with E-state index in [0.717, 1.165) is 61.6 Å². The second-order valence-electron chi connectivity index (χ2n) is 8.65. The van der Waals surface area contributed by atoms with Gasteiger partial charge in [-0.25, -0.2) is 4.98 Å². The third-order valence-corrected chi connectivity index (χ3v) is 7.51. The summed E-state index contributed by atoms with van der Waals surface area (Å²) in [7, 11) is 0. The van der Waals surface area contributed by atoms with Gasteiger partial charge >= 0.3 is 0 Å². The van der Waals surface area contributed by atoms with Gasteiger partial charge in [0.25, 0.3) is 5.56 Å². The number of rotatable bonds is 4. The molecule has 0 spiro atoms. The summed E-state index contributed by atoms with van der Waals surface area (Å²) in [6.45, 7) is 2.36. The Morgan fingerprint density at radius 3 is 2.89 bits per heavy atom. The molecule has 0 radical (unpaired) electrons. The molecule has 6 heteroatoms. The summed E-state index contributed by atoms with van der Waals surface area (Å²) in [4.78, 5) is 35.0. The Balaban J connectivity index is 1.46. The van der Waals surface area contributed by atoms with Crippen molar-refractivity contribution >= 4 is 27.5 Å². The van der Waals surface area contributed by atoms with E-state index in [2.05, 4.69) is 18.0 Å². The highest BCUT2D eigenvalue weighted by Crippen LogP contribution is 2.36. The van der Waals surface area contributed by atoms with E-state index in [1.54, 1.807) is 17.7 Å². The number of aryl methyl sites for hydroxylation is 1. The molecule has 2 aromatic heterocycles. The van der Waals surface area contributed by atoms with Crippen LogP contribution in [0.5, 0.6) is 0 Å². The van der Waals surface area contributed by atoms with Crippen molar-refractivity contribution in [1.82, 2.24) is 14.5 Å². The van der Waals surface area contributed by atoms with Gasteiger partial charge < -0.3 is 4.90 Å². The van der Waals surface area contributed by atoms with Crippen molar-refractivity contribution in [2.45, 2.75) is 77.3 Å². The molecule has 3 aliphatic rings. The van der Waals surface area contributed by atoms with Crippen LogP contribution in [0.2, 0.25) is 0 Å². The van der Waals surface area contributed by atoms with Gasteiger partial charge in [0.15, 0.2) is 0 Å². The molecular weight excluding hydrogens is 370 g/mol. The molecule has 0 aliphatic heterocycles. The molecule has 0 N–H and O–H groups in total. The van der Waals surface area contributed by atoms with Crippen LogP contribution in [-0.4, -0.2) is 26.4 Å². The first kappa shape index (κ1) is 18.1. The number of hydrogen-bond acceptors (Lipinski definition) is 4. The largest absolute Gasteiger partial charge is 0.312 e. The second-order valence-corrected chi connectivity index (χ2v) is 9.73. The van der Waals surface area contributed by atoms with Crippen LogP contribution >= 0.6 is 11.3 Å². The smallest absolute Gasteiger partial charge is 0.262 e. The Morgan fingerprint density at radius 2 is 2.14 bits per heavy atom. The first-order valence-electron chi connectivity index (χ1n) is 10.6. The maximum atomic E-state index is 13.2. The van der Waals surface area contributed by atoms with Crippen LogP contribution in [-0.2, 0) is 24.2 Å². The van der Waals surface area contributed by atoms with E-state index in [4.69, 9.17) is 0 Å². The van der Waals surface area contributed by atoms with Gasteiger partial charge in [-0.2, -0.15) is 0 Å². The zero-order valence-corrected chi connectivity index (χ0v) is 17.3. The second kappa shape index (κ2) is 7.14. The summed E-state index contributed by atoms with van der Waals surface area (Å²) in [5.74, 6) is 0.705. The van der Waals surface area contributed by atoms with Crippen molar-refractivity contribution in [2.75, 3.05) is 0 Å². The number of carbonyl (C=O) groups excluding carboxylic acids is 1. The summed E-state index contributed by atoms with van der Waals surface area (Å²) in [5.41, 5.74) is 2.31. The normalized spacial score (nSPS) is 22.0. The summed E-state index contributed by atoms with van der Waals surface area (Å²) < 4.78 is 1.54. The number of allylic oxidation sites excluding steroid dienone is 2. The lowest BCUT2D eigenvalue weighted by molar-refractivity contribution is -0.130. The van der Waals surface area contributed by atoms with Crippen LogP contribution in [0.15, 0.2) is 22.9 Å². The number of fused-ring (bicyclic) bond motifs is 3. The average molecular weight is 398 g/mol. The third kappa shape index (κ3) is 3.21. The fourth-order valence-corrected chi connectivity index (χ4v) is 6.01. The van der Waals surface area contributed by atoms with E-state index in [-0.39, 0.29) is 18.0 Å². The van der Waals surface area contributed by atoms with Gasteiger partial charge in [-0.15, -0.1) is 11.3 Å². The third-order valence-electron chi connectivity index (χ3n) is 6.34. The molecule has 5 nitrogen and oxygen atoms in total. The van der Waals surface area contributed by atoms with Gasteiger partial charge in [0, 0.05) is 16.6 Å². The fraction of sp³-hybridized carbons (Fsp3) is 0.591. The maximum Gasteiger partial charge on any atom is 0.262 e. The molecule has 3 aliphatic carbocycles. The number of aromatic nitrogens is 2. The van der Waals surface area contributed by atoms with E-state index in [0.29, 0.717) is 12.0 Å². The number of nitrogens with zero attached hydrogens (tertiary/aromatic N) is 3. The molecule has 0 unspecified atom stereocenters. The quantitative estimate of drug-likeness (QED) is 0.783. The van der Waals surface area contributed by atoms with Crippen molar-refractivity contribution in [3.05, 3.63) is 38.9 Å². The van der Waals surface area contributed by atoms with Crippen LogP contribution in [0.3, 0.4) is 0 Å². The number of carbonyl (C=O) groups is 1. The van der Waals surface area contributed by atoms with E-state index in [1.165, 1.54) is 27.1 Å². The highest BCUT2D eigenvalue weighted by atomic mass is 32.1. The lowest BCUT2D eigenvalue weighted by Gasteiger charge is -2.28. The average Bonchev–Trinajstić information content (AvgIpc) is 3.44. The van der Waals surface area contributed by atoms with E-state index >= 15 is 0 Å². The predicted molar refractivity (Wildman–Crippen MR) is 111 cm³/mol. The van der Waals surface area contributed by atoms with Crippen LogP contribution in [0.1, 0.15) is 62.3 Å². The minimum atomic E-state index is -0.0428. The standard InChI is InChI=1S/C22H27N3O2S/c1-14-7-10-17-18(11-14)28-21-20(17)22(27)24(13-23-21)12-19(26)25(16-8-9-16)15-5-3-2-4-6-15/h5,13-14,16H,2-4,6-12H2,1H3/t14-/m0/s1. The van der Waals surface area contributed by atoms with Crippen molar-refractivity contribution in [1.29, 1.82) is 0 Å². The fourth-order valence-electron chi connectivity index (χ4n) is 4.67. The molecule has 1 atom stereocenters. The first-order valence-corrected chi connectivity index (χ1v) is 11.4. The molecule has 1 amide bonds. The molecule has 1 fully saturated rings. The molecular formula is C22H27N3O2S. The van der Waals surface area contributed by atoms with Gasteiger partial charge in [0.2, 0.25) is 5.91 Å².